The molecule has 3 nitrogen and oxygen atoms in total. The number of ether oxygens (including phenoxy) is 1. The Kier molecular flexibility index (Phi) is 4.69. The van der Waals surface area contributed by atoms with Crippen molar-refractivity contribution >= 4 is 22.6 Å². The van der Waals surface area contributed by atoms with Crippen LogP contribution in [0.5, 0.6) is 5.75 Å². The summed E-state index contributed by atoms with van der Waals surface area (Å²) >= 11 is 1.69. The fourth-order valence-electron chi connectivity index (χ4n) is 2.02. The molecule has 0 saturated heterocycles. The Morgan fingerprint density at radius 2 is 2.32 bits per heavy atom. The van der Waals surface area contributed by atoms with Gasteiger partial charge in [-0.25, -0.2) is 4.39 Å². The van der Waals surface area contributed by atoms with Crippen molar-refractivity contribution in [3.8, 4) is 5.75 Å². The van der Waals surface area contributed by atoms with E-state index in [0.717, 1.165) is 17.3 Å². The number of anilines is 1. The molecule has 1 N–H and O–H groups in total. The fraction of sp³-hybridized carbons (Fsp3) is 0.500. The van der Waals surface area contributed by atoms with Crippen molar-refractivity contribution in [2.45, 2.75) is 26.3 Å². The van der Waals surface area contributed by atoms with E-state index in [0.29, 0.717) is 17.6 Å². The average Bonchev–Trinajstić information content (AvgIpc) is 2.76. The van der Waals surface area contributed by atoms with Gasteiger partial charge in [-0.15, -0.1) is 0 Å². The van der Waals surface area contributed by atoms with Crippen LogP contribution in [0.2, 0.25) is 0 Å². The highest BCUT2D eigenvalue weighted by molar-refractivity contribution is 8.14. The molecule has 104 valence electrons. The molecule has 1 aliphatic heterocycles. The molecule has 0 spiro atoms. The van der Waals surface area contributed by atoms with Crippen molar-refractivity contribution in [2.75, 3.05) is 18.2 Å². The molecule has 1 aromatic carbocycles. The summed E-state index contributed by atoms with van der Waals surface area (Å²) in [5.74, 6) is 1.53. The number of nitrogens with one attached hydrogen (secondary N) is 1. The van der Waals surface area contributed by atoms with Gasteiger partial charge in [-0.3, -0.25) is 4.99 Å². The monoisotopic (exact) mass is 282 g/mol. The zero-order chi connectivity index (χ0) is 13.8. The predicted octanol–water partition coefficient (Wildman–Crippen LogP) is 3.76. The predicted molar refractivity (Wildman–Crippen MR) is 79.7 cm³/mol. The number of rotatable bonds is 4. The molecule has 1 aliphatic rings. The number of benzene rings is 1. The van der Waals surface area contributed by atoms with Crippen LogP contribution in [0.1, 0.15) is 20.3 Å². The Hall–Kier alpha value is -1.23. The lowest BCUT2D eigenvalue weighted by Gasteiger charge is -2.08. The summed E-state index contributed by atoms with van der Waals surface area (Å²) in [6.45, 7) is 4.40. The minimum absolute atomic E-state index is 0.254. The topological polar surface area (TPSA) is 33.6 Å². The molecule has 0 radical (unpaired) electrons. The van der Waals surface area contributed by atoms with Gasteiger partial charge in [0.2, 0.25) is 0 Å². The lowest BCUT2D eigenvalue weighted by atomic mass is 10.1. The molecule has 1 heterocycles. The van der Waals surface area contributed by atoms with Crippen LogP contribution in [0.15, 0.2) is 23.2 Å². The Morgan fingerprint density at radius 1 is 1.53 bits per heavy atom. The van der Waals surface area contributed by atoms with E-state index in [-0.39, 0.29) is 11.6 Å². The summed E-state index contributed by atoms with van der Waals surface area (Å²) in [6.07, 6.45) is 1.09. The Bertz CT molecular complexity index is 477. The van der Waals surface area contributed by atoms with E-state index in [4.69, 9.17) is 4.74 Å². The van der Waals surface area contributed by atoms with Gasteiger partial charge in [-0.2, -0.15) is 0 Å². The second-order valence-corrected chi connectivity index (χ2v) is 6.01. The van der Waals surface area contributed by atoms with E-state index in [2.05, 4.69) is 24.2 Å². The zero-order valence-electron chi connectivity index (χ0n) is 11.4. The Morgan fingerprint density at radius 3 is 2.95 bits per heavy atom. The molecule has 0 aromatic heterocycles. The molecule has 1 atom stereocenters. The molecule has 19 heavy (non-hydrogen) atoms. The van der Waals surface area contributed by atoms with Crippen LogP contribution in [0.4, 0.5) is 10.1 Å². The number of aliphatic imine (C=N–C) groups is 1. The summed E-state index contributed by atoms with van der Waals surface area (Å²) in [4.78, 5) is 4.61. The van der Waals surface area contributed by atoms with Crippen LogP contribution in [0, 0.1) is 11.7 Å². The zero-order valence-corrected chi connectivity index (χ0v) is 12.3. The molecule has 0 bridgehead atoms. The minimum Gasteiger partial charge on any atom is -0.494 e. The van der Waals surface area contributed by atoms with E-state index in [1.54, 1.807) is 23.9 Å². The summed E-state index contributed by atoms with van der Waals surface area (Å²) in [6, 6.07) is 5.21. The first-order valence-corrected chi connectivity index (χ1v) is 7.38. The molecule has 0 aliphatic carbocycles. The lowest BCUT2D eigenvalue weighted by molar-refractivity contribution is 0.387. The van der Waals surface area contributed by atoms with Crippen LogP contribution >= 0.6 is 11.8 Å². The van der Waals surface area contributed by atoms with Crippen LogP contribution in [0.25, 0.3) is 0 Å². The molecular formula is C14H19FN2OS. The number of methoxy groups -OCH3 is 1. The second kappa shape index (κ2) is 6.28. The summed E-state index contributed by atoms with van der Waals surface area (Å²) in [5.41, 5.74) is 0.703. The molecule has 0 saturated carbocycles. The van der Waals surface area contributed by atoms with Crippen LogP contribution in [-0.2, 0) is 0 Å². The minimum atomic E-state index is -0.366. The van der Waals surface area contributed by atoms with Crippen LogP contribution < -0.4 is 10.1 Å². The van der Waals surface area contributed by atoms with Crippen molar-refractivity contribution in [1.29, 1.82) is 0 Å². The Labute approximate surface area is 117 Å². The van der Waals surface area contributed by atoms with E-state index in [1.165, 1.54) is 13.2 Å². The van der Waals surface area contributed by atoms with Gasteiger partial charge in [-0.1, -0.05) is 25.6 Å². The van der Waals surface area contributed by atoms with Gasteiger partial charge in [0.05, 0.1) is 13.2 Å². The van der Waals surface area contributed by atoms with Gasteiger partial charge < -0.3 is 10.1 Å². The highest BCUT2D eigenvalue weighted by atomic mass is 32.2. The van der Waals surface area contributed by atoms with Crippen LogP contribution in [0.3, 0.4) is 0 Å². The number of amidine groups is 1. The van der Waals surface area contributed by atoms with E-state index < -0.39 is 0 Å². The quantitative estimate of drug-likeness (QED) is 0.913. The number of hydrogen-bond donors (Lipinski definition) is 1. The number of hydrogen-bond acceptors (Lipinski definition) is 4. The van der Waals surface area contributed by atoms with Crippen molar-refractivity contribution in [1.82, 2.24) is 0 Å². The molecule has 1 aromatic rings. The van der Waals surface area contributed by atoms with Crippen molar-refractivity contribution in [3.63, 3.8) is 0 Å². The third-order valence-electron chi connectivity index (χ3n) is 2.86. The summed E-state index contributed by atoms with van der Waals surface area (Å²) < 4.78 is 18.5. The first kappa shape index (κ1) is 14.2. The fourth-order valence-corrected chi connectivity index (χ4v) is 2.99. The smallest absolute Gasteiger partial charge is 0.167 e. The highest BCUT2D eigenvalue weighted by Gasteiger charge is 2.19. The summed E-state index contributed by atoms with van der Waals surface area (Å²) in [5, 5.41) is 4.02. The number of nitrogens with zero attached hydrogens (tertiary/aromatic N) is 1. The largest absolute Gasteiger partial charge is 0.494 e. The summed E-state index contributed by atoms with van der Waals surface area (Å²) in [7, 11) is 1.46. The van der Waals surface area contributed by atoms with Gasteiger partial charge in [-0.05, 0) is 24.5 Å². The van der Waals surface area contributed by atoms with E-state index in [9.17, 15) is 4.39 Å². The molecule has 1 unspecified atom stereocenters. The normalized spacial score (nSPS) is 18.6. The van der Waals surface area contributed by atoms with Gasteiger partial charge >= 0.3 is 0 Å². The van der Waals surface area contributed by atoms with Crippen molar-refractivity contribution in [2.24, 2.45) is 10.9 Å². The third-order valence-corrected chi connectivity index (χ3v) is 3.89. The van der Waals surface area contributed by atoms with E-state index in [1.807, 2.05) is 0 Å². The maximum Gasteiger partial charge on any atom is 0.167 e. The molecular weight excluding hydrogens is 263 g/mol. The molecule has 2 rings (SSSR count). The highest BCUT2D eigenvalue weighted by Crippen LogP contribution is 2.26. The first-order chi connectivity index (χ1) is 9.08. The van der Waals surface area contributed by atoms with Gasteiger partial charge in [0.25, 0.3) is 0 Å². The maximum absolute atomic E-state index is 13.6. The molecule has 0 fully saturated rings. The third kappa shape index (κ3) is 3.86. The number of thioether (sulfide) groups is 1. The first-order valence-electron chi connectivity index (χ1n) is 6.39. The van der Waals surface area contributed by atoms with Crippen molar-refractivity contribution in [3.05, 3.63) is 24.0 Å². The van der Waals surface area contributed by atoms with Gasteiger partial charge in [0.1, 0.15) is 0 Å². The number of halogens is 1. The molecule has 5 heteroatoms. The van der Waals surface area contributed by atoms with Crippen molar-refractivity contribution < 1.29 is 9.13 Å². The Balaban J connectivity index is 2.00. The van der Waals surface area contributed by atoms with Gasteiger partial charge in [0, 0.05) is 17.5 Å². The molecule has 0 amide bonds. The standard InChI is InChI=1S/C14H19FN2OS/c1-9(2)6-11-8-19-14(17-11)16-10-4-5-13(18-3)12(15)7-10/h4-5,7,9,11H,6,8H2,1-3H3,(H,16,17). The van der Waals surface area contributed by atoms with Gasteiger partial charge in [0.15, 0.2) is 16.7 Å². The second-order valence-electron chi connectivity index (χ2n) is 5.00. The van der Waals surface area contributed by atoms with Crippen LogP contribution in [-0.4, -0.2) is 24.1 Å². The lowest BCUT2D eigenvalue weighted by Crippen LogP contribution is -2.08. The maximum atomic E-state index is 13.6. The van der Waals surface area contributed by atoms with E-state index >= 15 is 0 Å². The average molecular weight is 282 g/mol. The SMILES string of the molecule is COc1ccc(NC2=NC(CC(C)C)CS2)cc1F.